The third kappa shape index (κ3) is 3.56. The van der Waals surface area contributed by atoms with Crippen LogP contribution in [0.3, 0.4) is 0 Å². The van der Waals surface area contributed by atoms with Crippen LogP contribution in [0.4, 0.5) is 14.5 Å². The van der Waals surface area contributed by atoms with Crippen LogP contribution < -0.4 is 4.90 Å². The highest BCUT2D eigenvalue weighted by Gasteiger charge is 2.33. The topological polar surface area (TPSA) is 23.6 Å². The minimum Gasteiger partial charge on any atom is -0.310 e. The van der Waals surface area contributed by atoms with Crippen LogP contribution in [0.15, 0.2) is 42.5 Å². The Bertz CT molecular complexity index is 741. The SMILES string of the molecule is CCc1ccc(N2CCN(Cc3c(F)cccc3F)C(C)C2=O)cc1. The predicted molar refractivity (Wildman–Crippen MR) is 94.4 cm³/mol. The quantitative estimate of drug-likeness (QED) is 0.843. The van der Waals surface area contributed by atoms with Crippen molar-refractivity contribution in [2.45, 2.75) is 32.9 Å². The van der Waals surface area contributed by atoms with Gasteiger partial charge in [-0.15, -0.1) is 0 Å². The van der Waals surface area contributed by atoms with E-state index in [1.165, 1.54) is 23.8 Å². The first-order valence-corrected chi connectivity index (χ1v) is 8.58. The number of halogens is 2. The minimum atomic E-state index is -0.572. The third-order valence-corrected chi connectivity index (χ3v) is 4.86. The summed E-state index contributed by atoms with van der Waals surface area (Å²) < 4.78 is 27.8. The Morgan fingerprint density at radius 3 is 2.28 bits per heavy atom. The highest BCUT2D eigenvalue weighted by atomic mass is 19.1. The molecule has 2 aromatic rings. The highest BCUT2D eigenvalue weighted by Crippen LogP contribution is 2.23. The molecule has 0 saturated carbocycles. The summed E-state index contributed by atoms with van der Waals surface area (Å²) >= 11 is 0. The maximum Gasteiger partial charge on any atom is 0.244 e. The molecule has 0 aliphatic carbocycles. The smallest absolute Gasteiger partial charge is 0.244 e. The van der Waals surface area contributed by atoms with E-state index in [2.05, 4.69) is 6.92 Å². The average Bonchev–Trinajstić information content (AvgIpc) is 2.62. The second kappa shape index (κ2) is 7.31. The van der Waals surface area contributed by atoms with Crippen LogP contribution in [0, 0.1) is 11.6 Å². The Balaban J connectivity index is 1.75. The fourth-order valence-electron chi connectivity index (χ4n) is 3.18. The summed E-state index contributed by atoms with van der Waals surface area (Å²) in [5.74, 6) is -1.19. The van der Waals surface area contributed by atoms with E-state index in [0.29, 0.717) is 13.1 Å². The van der Waals surface area contributed by atoms with Gasteiger partial charge in [-0.1, -0.05) is 25.1 Å². The van der Waals surface area contributed by atoms with E-state index < -0.39 is 17.7 Å². The molecule has 25 heavy (non-hydrogen) atoms. The van der Waals surface area contributed by atoms with Gasteiger partial charge in [0.25, 0.3) is 0 Å². The molecule has 1 amide bonds. The number of hydrogen-bond acceptors (Lipinski definition) is 2. The van der Waals surface area contributed by atoms with Crippen LogP contribution >= 0.6 is 0 Å². The molecule has 3 nitrogen and oxygen atoms in total. The second-order valence-electron chi connectivity index (χ2n) is 6.36. The molecule has 1 aliphatic rings. The number of piperazine rings is 1. The zero-order valence-corrected chi connectivity index (χ0v) is 14.5. The number of carbonyl (C=O) groups is 1. The number of amides is 1. The van der Waals surface area contributed by atoms with Gasteiger partial charge in [-0.05, 0) is 43.2 Å². The Hall–Kier alpha value is -2.27. The summed E-state index contributed by atoms with van der Waals surface area (Å²) in [6.07, 6.45) is 0.951. The van der Waals surface area contributed by atoms with E-state index in [9.17, 15) is 13.6 Å². The van der Waals surface area contributed by atoms with Gasteiger partial charge in [0.05, 0.1) is 6.04 Å². The Labute approximate surface area is 146 Å². The zero-order valence-electron chi connectivity index (χ0n) is 14.5. The predicted octanol–water partition coefficient (Wildman–Crippen LogP) is 3.76. The normalized spacial score (nSPS) is 18.6. The standard InChI is InChI=1S/C20H22F2N2O/c1-3-15-7-9-16(10-8-15)24-12-11-23(14(2)20(24)25)13-17-18(21)5-4-6-19(17)22/h4-10,14H,3,11-13H2,1-2H3. The summed E-state index contributed by atoms with van der Waals surface area (Å²) in [5.41, 5.74) is 2.10. The van der Waals surface area contributed by atoms with Crippen LogP contribution in [0.5, 0.6) is 0 Å². The summed E-state index contributed by atoms with van der Waals surface area (Å²) in [6.45, 7) is 5.03. The van der Waals surface area contributed by atoms with Crippen molar-refractivity contribution in [1.29, 1.82) is 0 Å². The molecular formula is C20H22F2N2O. The molecule has 1 atom stereocenters. The van der Waals surface area contributed by atoms with Crippen molar-refractivity contribution in [3.05, 3.63) is 65.2 Å². The molecule has 1 fully saturated rings. The van der Waals surface area contributed by atoms with Crippen molar-refractivity contribution >= 4 is 11.6 Å². The third-order valence-electron chi connectivity index (χ3n) is 4.86. The van der Waals surface area contributed by atoms with Gasteiger partial charge >= 0.3 is 0 Å². The van der Waals surface area contributed by atoms with Crippen molar-refractivity contribution in [3.8, 4) is 0 Å². The van der Waals surface area contributed by atoms with Gasteiger partial charge in [0, 0.05) is 30.9 Å². The molecule has 0 radical (unpaired) electrons. The molecule has 5 heteroatoms. The number of rotatable bonds is 4. The monoisotopic (exact) mass is 344 g/mol. The molecule has 132 valence electrons. The first kappa shape index (κ1) is 17.5. The molecule has 1 aliphatic heterocycles. The zero-order chi connectivity index (χ0) is 18.0. The number of aryl methyl sites for hydroxylation is 1. The summed E-state index contributed by atoms with van der Waals surface area (Å²) in [4.78, 5) is 16.3. The minimum absolute atomic E-state index is 0.0166. The van der Waals surface area contributed by atoms with Crippen molar-refractivity contribution in [2.24, 2.45) is 0 Å². The van der Waals surface area contributed by atoms with E-state index in [1.807, 2.05) is 29.2 Å². The van der Waals surface area contributed by atoms with Crippen molar-refractivity contribution < 1.29 is 13.6 Å². The summed E-state index contributed by atoms with van der Waals surface area (Å²) in [5, 5.41) is 0. The Kier molecular flexibility index (Phi) is 5.13. The number of carbonyl (C=O) groups excluding carboxylic acids is 1. The molecule has 3 rings (SSSR count). The number of anilines is 1. The molecule has 0 bridgehead atoms. The summed E-state index contributed by atoms with van der Waals surface area (Å²) in [7, 11) is 0. The van der Waals surface area contributed by atoms with Gasteiger partial charge in [-0.2, -0.15) is 0 Å². The van der Waals surface area contributed by atoms with Gasteiger partial charge in [0.2, 0.25) is 5.91 Å². The Morgan fingerprint density at radius 1 is 1.04 bits per heavy atom. The van der Waals surface area contributed by atoms with E-state index in [1.54, 1.807) is 11.8 Å². The number of benzene rings is 2. The van der Waals surface area contributed by atoms with Gasteiger partial charge in [-0.25, -0.2) is 8.78 Å². The molecule has 2 aromatic carbocycles. The lowest BCUT2D eigenvalue weighted by molar-refractivity contribution is -0.125. The van der Waals surface area contributed by atoms with Crippen LogP contribution in [-0.2, 0) is 17.8 Å². The second-order valence-corrected chi connectivity index (χ2v) is 6.36. The number of nitrogens with zero attached hydrogens (tertiary/aromatic N) is 2. The van der Waals surface area contributed by atoms with Crippen molar-refractivity contribution in [3.63, 3.8) is 0 Å². The van der Waals surface area contributed by atoms with Gasteiger partial charge in [0.15, 0.2) is 0 Å². The lowest BCUT2D eigenvalue weighted by Crippen LogP contribution is -2.55. The maximum absolute atomic E-state index is 13.9. The molecule has 1 heterocycles. The molecule has 0 spiro atoms. The fraction of sp³-hybridized carbons (Fsp3) is 0.350. The maximum atomic E-state index is 13.9. The number of hydrogen-bond donors (Lipinski definition) is 0. The largest absolute Gasteiger partial charge is 0.310 e. The van der Waals surface area contributed by atoms with Crippen LogP contribution in [0.2, 0.25) is 0 Å². The van der Waals surface area contributed by atoms with E-state index in [4.69, 9.17) is 0 Å². The van der Waals surface area contributed by atoms with E-state index in [0.717, 1.165) is 12.1 Å². The summed E-state index contributed by atoms with van der Waals surface area (Å²) in [6, 6.07) is 11.4. The molecule has 0 aromatic heterocycles. The first-order chi connectivity index (χ1) is 12.0. The van der Waals surface area contributed by atoms with Crippen LogP contribution in [0.1, 0.15) is 25.0 Å². The first-order valence-electron chi connectivity index (χ1n) is 8.58. The van der Waals surface area contributed by atoms with Crippen LogP contribution in [0.25, 0.3) is 0 Å². The van der Waals surface area contributed by atoms with Gasteiger partial charge < -0.3 is 4.90 Å². The lowest BCUT2D eigenvalue weighted by Gasteiger charge is -2.39. The van der Waals surface area contributed by atoms with Gasteiger partial charge in [0.1, 0.15) is 11.6 Å². The molecular weight excluding hydrogens is 322 g/mol. The van der Waals surface area contributed by atoms with Crippen LogP contribution in [-0.4, -0.2) is 29.9 Å². The molecule has 0 N–H and O–H groups in total. The molecule has 1 saturated heterocycles. The highest BCUT2D eigenvalue weighted by molar-refractivity contribution is 5.97. The fourth-order valence-corrected chi connectivity index (χ4v) is 3.18. The average molecular weight is 344 g/mol. The molecule has 1 unspecified atom stereocenters. The Morgan fingerprint density at radius 2 is 1.68 bits per heavy atom. The van der Waals surface area contributed by atoms with Crippen molar-refractivity contribution in [1.82, 2.24) is 4.90 Å². The van der Waals surface area contributed by atoms with E-state index >= 15 is 0 Å². The lowest BCUT2D eigenvalue weighted by atomic mass is 10.1. The van der Waals surface area contributed by atoms with Crippen molar-refractivity contribution in [2.75, 3.05) is 18.0 Å². The van der Waals surface area contributed by atoms with E-state index in [-0.39, 0.29) is 18.0 Å². The van der Waals surface area contributed by atoms with Gasteiger partial charge in [-0.3, -0.25) is 9.69 Å².